The first-order valence-corrected chi connectivity index (χ1v) is 9.31. The van der Waals surface area contributed by atoms with Crippen LogP contribution in [-0.2, 0) is 21.9 Å². The zero-order valence-corrected chi connectivity index (χ0v) is 14.9. The molecule has 0 radical (unpaired) electrons. The second-order valence-electron chi connectivity index (χ2n) is 5.37. The summed E-state index contributed by atoms with van der Waals surface area (Å²) in [6.07, 6.45) is 1.06. The maximum atomic E-state index is 12.0. The fourth-order valence-corrected chi connectivity index (χ4v) is 3.40. The minimum Gasteiger partial charge on any atom is -0.319 e. The fourth-order valence-electron chi connectivity index (χ4n) is 1.94. The van der Waals surface area contributed by atoms with Crippen LogP contribution in [0.4, 0.5) is 0 Å². The Kier molecular flexibility index (Phi) is 4.55. The van der Waals surface area contributed by atoms with Crippen LogP contribution in [0.15, 0.2) is 17.1 Å². The Balaban J connectivity index is 2.42. The van der Waals surface area contributed by atoms with Crippen molar-refractivity contribution in [3.63, 3.8) is 0 Å². The molecule has 6 nitrogen and oxygen atoms in total. The number of likely N-dealkylation sites (N-methyl/N-ethyl adjacent to an activating group) is 1. The van der Waals surface area contributed by atoms with Gasteiger partial charge >= 0.3 is 0 Å². The summed E-state index contributed by atoms with van der Waals surface area (Å²) in [6, 6.07) is 4.13. The molecule has 0 saturated carbocycles. The molecule has 1 aromatic carbocycles. The van der Waals surface area contributed by atoms with Crippen LogP contribution in [0.25, 0.3) is 10.2 Å². The van der Waals surface area contributed by atoms with E-state index in [0.29, 0.717) is 4.80 Å². The second kappa shape index (κ2) is 5.94. The molecule has 22 heavy (non-hydrogen) atoms. The highest BCUT2D eigenvalue weighted by atomic mass is 32.2. The van der Waals surface area contributed by atoms with Gasteiger partial charge in [-0.1, -0.05) is 11.3 Å². The Labute approximate surface area is 133 Å². The summed E-state index contributed by atoms with van der Waals surface area (Å²) in [4.78, 5) is 16.6. The molecule has 0 atom stereocenters. The SMILES string of the molecule is Cc1cc2sc(=NC(=O)CN(C)S(C)(=O)=O)n(C)c2cc1C. The van der Waals surface area contributed by atoms with Crippen molar-refractivity contribution >= 4 is 37.5 Å². The van der Waals surface area contributed by atoms with Gasteiger partial charge in [0.1, 0.15) is 0 Å². The first kappa shape index (κ1) is 16.9. The van der Waals surface area contributed by atoms with Gasteiger partial charge in [-0.05, 0) is 37.1 Å². The van der Waals surface area contributed by atoms with E-state index in [2.05, 4.69) is 17.1 Å². The van der Waals surface area contributed by atoms with Gasteiger partial charge in [-0.15, -0.1) is 0 Å². The van der Waals surface area contributed by atoms with Crippen LogP contribution in [0.1, 0.15) is 11.1 Å². The average molecular weight is 341 g/mol. The molecule has 1 aromatic heterocycles. The number of thiazole rings is 1. The Hall–Kier alpha value is -1.51. The molecule has 0 saturated heterocycles. The van der Waals surface area contributed by atoms with Crippen molar-refractivity contribution in [1.29, 1.82) is 0 Å². The average Bonchev–Trinajstić information content (AvgIpc) is 2.66. The van der Waals surface area contributed by atoms with Crippen molar-refractivity contribution < 1.29 is 13.2 Å². The Morgan fingerprint density at radius 2 is 1.91 bits per heavy atom. The third-order valence-corrected chi connectivity index (χ3v) is 5.93. The summed E-state index contributed by atoms with van der Waals surface area (Å²) < 4.78 is 26.6. The quantitative estimate of drug-likeness (QED) is 0.841. The minimum absolute atomic E-state index is 0.259. The van der Waals surface area contributed by atoms with E-state index in [1.54, 1.807) is 0 Å². The highest BCUT2D eigenvalue weighted by Gasteiger charge is 2.15. The smallest absolute Gasteiger partial charge is 0.263 e. The van der Waals surface area contributed by atoms with Gasteiger partial charge in [0.15, 0.2) is 4.80 Å². The maximum absolute atomic E-state index is 12.0. The molecule has 0 N–H and O–H groups in total. The van der Waals surface area contributed by atoms with Crippen molar-refractivity contribution in [3.05, 3.63) is 28.1 Å². The number of nitrogens with zero attached hydrogens (tertiary/aromatic N) is 3. The molecule has 1 heterocycles. The van der Waals surface area contributed by atoms with Crippen LogP contribution in [0.3, 0.4) is 0 Å². The standard InChI is InChI=1S/C14H19N3O3S2/c1-9-6-11-12(7-10(9)2)21-14(17(11)4)15-13(18)8-16(3)22(5,19)20/h6-7H,8H2,1-5H3. The molecule has 0 bridgehead atoms. The van der Waals surface area contributed by atoms with Gasteiger partial charge in [0.05, 0.1) is 23.0 Å². The van der Waals surface area contributed by atoms with Crippen molar-refractivity contribution in [2.75, 3.05) is 19.8 Å². The van der Waals surface area contributed by atoms with Crippen LogP contribution < -0.4 is 4.80 Å². The Morgan fingerprint density at radius 3 is 2.50 bits per heavy atom. The fraction of sp³-hybridized carbons (Fsp3) is 0.429. The molecule has 2 aromatic rings. The predicted octanol–water partition coefficient (Wildman–Crippen LogP) is 1.18. The van der Waals surface area contributed by atoms with Crippen molar-refractivity contribution in [1.82, 2.24) is 8.87 Å². The summed E-state index contributed by atoms with van der Waals surface area (Å²) in [6.45, 7) is 3.82. The third kappa shape index (κ3) is 3.45. The largest absolute Gasteiger partial charge is 0.319 e. The molecule has 0 aliphatic rings. The van der Waals surface area contributed by atoms with Crippen LogP contribution in [0.5, 0.6) is 0 Å². The number of aryl methyl sites for hydroxylation is 3. The predicted molar refractivity (Wildman–Crippen MR) is 88.3 cm³/mol. The molecular weight excluding hydrogens is 322 g/mol. The lowest BCUT2D eigenvalue weighted by atomic mass is 10.1. The number of carbonyl (C=O) groups is 1. The molecule has 2 rings (SSSR count). The van der Waals surface area contributed by atoms with Crippen LogP contribution in [0, 0.1) is 13.8 Å². The zero-order chi connectivity index (χ0) is 16.7. The summed E-state index contributed by atoms with van der Waals surface area (Å²) in [5.41, 5.74) is 3.37. The molecule has 1 amide bonds. The van der Waals surface area contributed by atoms with Gasteiger partial charge in [-0.3, -0.25) is 4.79 Å². The van der Waals surface area contributed by atoms with E-state index in [4.69, 9.17) is 0 Å². The van der Waals surface area contributed by atoms with Crippen molar-refractivity contribution in [2.24, 2.45) is 12.0 Å². The minimum atomic E-state index is -3.39. The first-order chi connectivity index (χ1) is 10.1. The number of rotatable bonds is 3. The first-order valence-electron chi connectivity index (χ1n) is 6.65. The van der Waals surface area contributed by atoms with E-state index >= 15 is 0 Å². The number of hydrogen-bond donors (Lipinski definition) is 0. The van der Waals surface area contributed by atoms with Gasteiger partial charge in [-0.25, -0.2) is 8.42 Å². The number of sulfonamides is 1. The highest BCUT2D eigenvalue weighted by molar-refractivity contribution is 7.88. The number of amides is 1. The number of aromatic nitrogens is 1. The van der Waals surface area contributed by atoms with Gasteiger partial charge in [0, 0.05) is 14.1 Å². The third-order valence-electron chi connectivity index (χ3n) is 3.57. The molecule has 0 aliphatic carbocycles. The number of hydrogen-bond acceptors (Lipinski definition) is 4. The lowest BCUT2D eigenvalue weighted by molar-refractivity contribution is -0.118. The normalized spacial score (nSPS) is 13.3. The topological polar surface area (TPSA) is 71.7 Å². The summed E-state index contributed by atoms with van der Waals surface area (Å²) >= 11 is 1.42. The molecule has 0 unspecified atom stereocenters. The number of fused-ring (bicyclic) bond motifs is 1. The van der Waals surface area contributed by atoms with E-state index in [1.807, 2.05) is 25.5 Å². The lowest BCUT2D eigenvalue weighted by Crippen LogP contribution is -2.31. The van der Waals surface area contributed by atoms with Crippen LogP contribution in [-0.4, -0.2) is 43.0 Å². The van der Waals surface area contributed by atoms with Crippen molar-refractivity contribution in [2.45, 2.75) is 13.8 Å². The number of carbonyl (C=O) groups excluding carboxylic acids is 1. The zero-order valence-electron chi connectivity index (χ0n) is 13.2. The van der Waals surface area contributed by atoms with Crippen LogP contribution >= 0.6 is 11.3 Å². The molecule has 0 aliphatic heterocycles. The van der Waals surface area contributed by atoms with E-state index in [0.717, 1.165) is 20.8 Å². The molecule has 120 valence electrons. The molecule has 0 fully saturated rings. The maximum Gasteiger partial charge on any atom is 0.263 e. The van der Waals surface area contributed by atoms with Crippen LogP contribution in [0.2, 0.25) is 0 Å². The second-order valence-corrected chi connectivity index (χ2v) is 8.47. The van der Waals surface area contributed by atoms with Gasteiger partial charge < -0.3 is 4.57 Å². The Bertz CT molecular complexity index is 907. The van der Waals surface area contributed by atoms with Gasteiger partial charge in [0.2, 0.25) is 10.0 Å². The molecule has 8 heteroatoms. The van der Waals surface area contributed by atoms with Gasteiger partial charge in [-0.2, -0.15) is 9.30 Å². The van der Waals surface area contributed by atoms with E-state index < -0.39 is 15.9 Å². The van der Waals surface area contributed by atoms with Crippen molar-refractivity contribution in [3.8, 4) is 0 Å². The van der Waals surface area contributed by atoms with E-state index in [9.17, 15) is 13.2 Å². The molecular formula is C14H19N3O3S2. The van der Waals surface area contributed by atoms with E-state index in [1.165, 1.54) is 29.5 Å². The monoisotopic (exact) mass is 341 g/mol. The van der Waals surface area contributed by atoms with Gasteiger partial charge in [0.25, 0.3) is 5.91 Å². The summed E-state index contributed by atoms with van der Waals surface area (Å²) in [5, 5.41) is 0. The molecule has 0 spiro atoms. The summed E-state index contributed by atoms with van der Waals surface area (Å²) in [5.74, 6) is -0.483. The highest BCUT2D eigenvalue weighted by Crippen LogP contribution is 2.21. The number of benzene rings is 1. The Morgan fingerprint density at radius 1 is 1.32 bits per heavy atom. The van der Waals surface area contributed by atoms with E-state index in [-0.39, 0.29) is 6.54 Å². The lowest BCUT2D eigenvalue weighted by Gasteiger charge is -2.10. The summed E-state index contributed by atoms with van der Waals surface area (Å²) in [7, 11) is -0.178.